The highest BCUT2D eigenvalue weighted by atomic mass is 35.5. The third-order valence-corrected chi connectivity index (χ3v) is 6.76. The highest BCUT2D eigenvalue weighted by Crippen LogP contribution is 2.33. The molecule has 0 unspecified atom stereocenters. The molecular formula is C21H23ClN4O3S2. The van der Waals surface area contributed by atoms with Crippen LogP contribution in [0.3, 0.4) is 0 Å². The molecular weight excluding hydrogens is 456 g/mol. The van der Waals surface area contributed by atoms with Gasteiger partial charge in [-0.1, -0.05) is 36.7 Å². The number of thiazole rings is 1. The van der Waals surface area contributed by atoms with Gasteiger partial charge in [0.1, 0.15) is 0 Å². The zero-order valence-corrected chi connectivity index (χ0v) is 19.6. The molecule has 0 aliphatic carbocycles. The van der Waals surface area contributed by atoms with E-state index in [-0.39, 0.29) is 36.7 Å². The summed E-state index contributed by atoms with van der Waals surface area (Å²) < 4.78 is 0. The van der Waals surface area contributed by atoms with E-state index >= 15 is 0 Å². The van der Waals surface area contributed by atoms with E-state index in [0.29, 0.717) is 22.0 Å². The van der Waals surface area contributed by atoms with Crippen molar-refractivity contribution in [3.05, 3.63) is 55.8 Å². The largest absolute Gasteiger partial charge is 0.353 e. The number of hydrogen-bond donors (Lipinski definition) is 1. The number of nitrogens with one attached hydrogen (secondary N) is 1. The number of aryl methyl sites for hydroxylation is 1. The first-order valence-electron chi connectivity index (χ1n) is 9.75. The summed E-state index contributed by atoms with van der Waals surface area (Å²) in [6, 6.07) is 7.11. The lowest BCUT2D eigenvalue weighted by molar-refractivity contribution is -0.124. The molecule has 164 valence electrons. The Labute approximate surface area is 194 Å². The Kier molecular flexibility index (Phi) is 8.25. The van der Waals surface area contributed by atoms with Gasteiger partial charge in [-0.05, 0) is 42.9 Å². The van der Waals surface area contributed by atoms with Crippen molar-refractivity contribution in [1.82, 2.24) is 20.1 Å². The summed E-state index contributed by atoms with van der Waals surface area (Å²) in [6.45, 7) is 3.16. The summed E-state index contributed by atoms with van der Waals surface area (Å²) in [6.07, 6.45) is 2.51. The van der Waals surface area contributed by atoms with Crippen LogP contribution in [0.5, 0.6) is 0 Å². The molecule has 1 N–H and O–H groups in total. The van der Waals surface area contributed by atoms with Gasteiger partial charge in [0.15, 0.2) is 0 Å². The van der Waals surface area contributed by atoms with Crippen molar-refractivity contribution >= 4 is 57.8 Å². The lowest BCUT2D eigenvalue weighted by Crippen LogP contribution is -2.40. The van der Waals surface area contributed by atoms with E-state index < -0.39 is 0 Å². The Morgan fingerprint density at radius 1 is 1.32 bits per heavy atom. The van der Waals surface area contributed by atoms with Crippen molar-refractivity contribution in [1.29, 1.82) is 0 Å². The maximum Gasteiger partial charge on any atom is 0.293 e. The van der Waals surface area contributed by atoms with Gasteiger partial charge >= 0.3 is 0 Å². The van der Waals surface area contributed by atoms with Crippen LogP contribution in [0.15, 0.2) is 34.6 Å². The van der Waals surface area contributed by atoms with Crippen LogP contribution in [0, 0.1) is 0 Å². The Morgan fingerprint density at radius 2 is 2.10 bits per heavy atom. The summed E-state index contributed by atoms with van der Waals surface area (Å²) in [7, 11) is 1.85. The third kappa shape index (κ3) is 6.39. The standard InChI is InChI=1S/C21H23ClN4O3S2/c1-3-19-24-15(13-30-19)11-25(2)12-18(27)23-8-9-26-20(28)17(31-21(26)29)10-14-6-4-5-7-16(14)22/h4-7,10,13H,3,8-9,11-12H2,1-2H3,(H,23,27)/b17-10-. The van der Waals surface area contributed by atoms with E-state index in [4.69, 9.17) is 11.6 Å². The predicted molar refractivity (Wildman–Crippen MR) is 125 cm³/mol. The molecule has 10 heteroatoms. The van der Waals surface area contributed by atoms with Crippen molar-refractivity contribution in [2.75, 3.05) is 26.7 Å². The van der Waals surface area contributed by atoms with Crippen molar-refractivity contribution in [2.45, 2.75) is 19.9 Å². The van der Waals surface area contributed by atoms with E-state index in [2.05, 4.69) is 17.2 Å². The van der Waals surface area contributed by atoms with Crippen LogP contribution < -0.4 is 5.32 Å². The number of carbonyl (C=O) groups is 3. The molecule has 0 radical (unpaired) electrons. The van der Waals surface area contributed by atoms with Gasteiger partial charge in [-0.25, -0.2) is 4.98 Å². The number of aromatic nitrogens is 1. The number of thioether (sulfide) groups is 1. The van der Waals surface area contributed by atoms with Crippen molar-refractivity contribution in [3.63, 3.8) is 0 Å². The van der Waals surface area contributed by atoms with Crippen LogP contribution in [0.25, 0.3) is 6.08 Å². The summed E-state index contributed by atoms with van der Waals surface area (Å²) in [5, 5.41) is 6.00. The van der Waals surface area contributed by atoms with E-state index in [1.165, 1.54) is 0 Å². The van der Waals surface area contributed by atoms with E-state index in [1.54, 1.807) is 35.6 Å². The highest BCUT2D eigenvalue weighted by molar-refractivity contribution is 8.18. The van der Waals surface area contributed by atoms with Crippen LogP contribution in [0.4, 0.5) is 4.79 Å². The second kappa shape index (κ2) is 10.9. The fraction of sp³-hybridized carbons (Fsp3) is 0.333. The zero-order chi connectivity index (χ0) is 22.4. The van der Waals surface area contributed by atoms with Crippen molar-refractivity contribution in [2.24, 2.45) is 0 Å². The van der Waals surface area contributed by atoms with Gasteiger partial charge in [-0.3, -0.25) is 24.2 Å². The number of likely N-dealkylation sites (N-methyl/N-ethyl adjacent to an activating group) is 1. The Bertz CT molecular complexity index is 1010. The quantitative estimate of drug-likeness (QED) is 0.554. The molecule has 1 aliphatic rings. The number of rotatable bonds is 9. The number of hydrogen-bond acceptors (Lipinski definition) is 7. The molecule has 3 rings (SSSR count). The van der Waals surface area contributed by atoms with Gasteiger partial charge in [0.05, 0.1) is 22.2 Å². The second-order valence-corrected chi connectivity index (χ2v) is 9.31. The fourth-order valence-corrected chi connectivity index (χ4v) is 4.73. The first-order chi connectivity index (χ1) is 14.9. The monoisotopic (exact) mass is 478 g/mol. The van der Waals surface area contributed by atoms with Gasteiger partial charge in [0.25, 0.3) is 11.1 Å². The highest BCUT2D eigenvalue weighted by Gasteiger charge is 2.34. The Balaban J connectivity index is 1.46. The van der Waals surface area contributed by atoms with E-state index in [9.17, 15) is 14.4 Å². The van der Waals surface area contributed by atoms with Crippen molar-refractivity contribution in [3.8, 4) is 0 Å². The molecule has 0 saturated carbocycles. The lowest BCUT2D eigenvalue weighted by atomic mass is 10.2. The molecule has 0 spiro atoms. The van der Waals surface area contributed by atoms with E-state index in [1.807, 2.05) is 23.4 Å². The smallest absolute Gasteiger partial charge is 0.293 e. The normalized spacial score (nSPS) is 15.4. The molecule has 2 heterocycles. The van der Waals surface area contributed by atoms with Gasteiger partial charge in [-0.15, -0.1) is 11.3 Å². The first kappa shape index (κ1) is 23.5. The fourth-order valence-electron chi connectivity index (χ4n) is 2.95. The third-order valence-electron chi connectivity index (χ3n) is 4.47. The minimum Gasteiger partial charge on any atom is -0.353 e. The van der Waals surface area contributed by atoms with Crippen LogP contribution in [-0.4, -0.2) is 58.5 Å². The van der Waals surface area contributed by atoms with Crippen LogP contribution in [-0.2, 0) is 22.6 Å². The Hall–Kier alpha value is -2.20. The minimum absolute atomic E-state index is 0.117. The maximum absolute atomic E-state index is 12.6. The summed E-state index contributed by atoms with van der Waals surface area (Å²) in [5.41, 5.74) is 1.62. The number of imide groups is 1. The molecule has 2 aromatic rings. The van der Waals surface area contributed by atoms with Crippen LogP contribution in [0.1, 0.15) is 23.2 Å². The maximum atomic E-state index is 12.6. The summed E-state index contributed by atoms with van der Waals surface area (Å²) >= 11 is 8.62. The van der Waals surface area contributed by atoms with Gasteiger partial charge in [-0.2, -0.15) is 0 Å². The second-order valence-electron chi connectivity index (χ2n) is 6.96. The molecule has 0 atom stereocenters. The Morgan fingerprint density at radius 3 is 2.81 bits per heavy atom. The van der Waals surface area contributed by atoms with Gasteiger partial charge in [0, 0.05) is 30.0 Å². The molecule has 7 nitrogen and oxygen atoms in total. The molecule has 31 heavy (non-hydrogen) atoms. The molecule has 1 aromatic carbocycles. The molecule has 1 aromatic heterocycles. The first-order valence-corrected chi connectivity index (χ1v) is 11.8. The number of amides is 3. The number of nitrogens with zero attached hydrogens (tertiary/aromatic N) is 3. The van der Waals surface area contributed by atoms with Crippen LogP contribution >= 0.6 is 34.7 Å². The van der Waals surface area contributed by atoms with Gasteiger partial charge < -0.3 is 5.32 Å². The van der Waals surface area contributed by atoms with Gasteiger partial charge in [0.2, 0.25) is 5.91 Å². The number of benzene rings is 1. The average molecular weight is 479 g/mol. The predicted octanol–water partition coefficient (Wildman–Crippen LogP) is 3.64. The van der Waals surface area contributed by atoms with E-state index in [0.717, 1.165) is 33.8 Å². The topological polar surface area (TPSA) is 82.6 Å². The molecule has 1 aliphatic heterocycles. The number of carbonyl (C=O) groups excluding carboxylic acids is 3. The average Bonchev–Trinajstić information content (AvgIpc) is 3.28. The molecule has 0 bridgehead atoms. The lowest BCUT2D eigenvalue weighted by Gasteiger charge is -2.16. The van der Waals surface area contributed by atoms with Crippen molar-refractivity contribution < 1.29 is 14.4 Å². The summed E-state index contributed by atoms with van der Waals surface area (Å²) in [5.74, 6) is -0.552. The zero-order valence-electron chi connectivity index (χ0n) is 17.3. The van der Waals surface area contributed by atoms with Crippen LogP contribution in [0.2, 0.25) is 5.02 Å². The number of halogens is 1. The molecule has 3 amide bonds. The molecule has 1 fully saturated rings. The molecule has 1 saturated heterocycles. The SMILES string of the molecule is CCc1nc(CN(C)CC(=O)NCCN2C(=O)S/C(=C\c3ccccc3Cl)C2=O)cs1. The minimum atomic E-state index is -0.378. The summed E-state index contributed by atoms with van der Waals surface area (Å²) in [4.78, 5) is 44.8.